The molecule has 7 atom stereocenters. The smallest absolute Gasteiger partial charge is 0.234 e. The number of halogens is 2. The van der Waals surface area contributed by atoms with E-state index in [1.54, 1.807) is 0 Å². The summed E-state index contributed by atoms with van der Waals surface area (Å²) in [7, 11) is 0. The molecule has 0 aromatic carbocycles. The lowest BCUT2D eigenvalue weighted by Gasteiger charge is -2.28. The summed E-state index contributed by atoms with van der Waals surface area (Å²) in [6.45, 7) is 0. The zero-order chi connectivity index (χ0) is 17.0. The van der Waals surface area contributed by atoms with Crippen molar-refractivity contribution in [2.24, 2.45) is 23.7 Å². The molecule has 23 heavy (non-hydrogen) atoms. The summed E-state index contributed by atoms with van der Waals surface area (Å²) in [5, 5.41) is 21.9. The fourth-order valence-electron chi connectivity index (χ4n) is 4.29. The summed E-state index contributed by atoms with van der Waals surface area (Å²) < 4.78 is 0. The average molecular weight is 451 g/mol. The van der Waals surface area contributed by atoms with E-state index < -0.39 is 54.5 Å². The van der Waals surface area contributed by atoms with E-state index in [1.807, 2.05) is 0 Å². The van der Waals surface area contributed by atoms with Crippen LogP contribution in [0.15, 0.2) is 0 Å². The van der Waals surface area contributed by atoms with Crippen LogP contribution in [0.3, 0.4) is 0 Å². The second-order valence-corrected chi connectivity index (χ2v) is 8.41. The van der Waals surface area contributed by atoms with Crippen LogP contribution in [0.25, 0.3) is 0 Å². The van der Waals surface area contributed by atoms with Gasteiger partial charge in [0.25, 0.3) is 0 Å². The number of likely N-dealkylation sites (tertiary alicyclic amines) is 1. The Labute approximate surface area is 148 Å². The molecule has 0 unspecified atom stereocenters. The van der Waals surface area contributed by atoms with Crippen molar-refractivity contribution in [2.45, 2.75) is 35.0 Å². The first-order valence-corrected chi connectivity index (χ1v) is 9.14. The predicted molar refractivity (Wildman–Crippen MR) is 78.9 cm³/mol. The molecule has 3 rings (SSSR count). The van der Waals surface area contributed by atoms with Crippen LogP contribution in [0.1, 0.15) is 19.3 Å². The average Bonchev–Trinajstić information content (AvgIpc) is 3.06. The zero-order valence-corrected chi connectivity index (χ0v) is 15.0. The van der Waals surface area contributed by atoms with Gasteiger partial charge in [-0.3, -0.25) is 14.5 Å². The number of carboxylic acid groups (broad SMARTS) is 2. The molecule has 126 valence electrons. The second-order valence-electron chi connectivity index (χ2n) is 6.30. The minimum absolute atomic E-state index is 0.0284. The molecule has 2 saturated carbocycles. The molecule has 0 radical (unpaired) electrons. The zero-order valence-electron chi connectivity index (χ0n) is 11.8. The van der Waals surface area contributed by atoms with E-state index in [4.69, 9.17) is 0 Å². The van der Waals surface area contributed by atoms with Crippen LogP contribution in [0, 0.1) is 23.7 Å². The lowest BCUT2D eigenvalue weighted by molar-refractivity contribution is -0.312. The van der Waals surface area contributed by atoms with Crippen molar-refractivity contribution < 1.29 is 29.4 Å². The topological polar surface area (TPSA) is 118 Å². The highest BCUT2D eigenvalue weighted by Gasteiger charge is 2.67. The van der Waals surface area contributed by atoms with Crippen LogP contribution in [-0.2, 0) is 19.2 Å². The van der Waals surface area contributed by atoms with Gasteiger partial charge < -0.3 is 19.8 Å². The van der Waals surface area contributed by atoms with Gasteiger partial charge in [-0.1, -0.05) is 31.9 Å². The first kappa shape index (κ1) is 16.9. The summed E-state index contributed by atoms with van der Waals surface area (Å²) in [6.07, 6.45) is -0.214. The highest BCUT2D eigenvalue weighted by Crippen LogP contribution is 2.60. The molecule has 0 spiro atoms. The van der Waals surface area contributed by atoms with Gasteiger partial charge in [0.2, 0.25) is 11.8 Å². The van der Waals surface area contributed by atoms with Crippen molar-refractivity contribution in [2.75, 3.05) is 0 Å². The third-order valence-electron chi connectivity index (χ3n) is 5.23. The van der Waals surface area contributed by atoms with E-state index >= 15 is 0 Å². The Kier molecular flexibility index (Phi) is 4.29. The fourth-order valence-corrected chi connectivity index (χ4v) is 6.16. The molecule has 9 heteroatoms. The minimum Gasteiger partial charge on any atom is -0.550 e. The number of hydrogen-bond donors (Lipinski definition) is 0. The summed E-state index contributed by atoms with van der Waals surface area (Å²) in [4.78, 5) is 48.0. The van der Waals surface area contributed by atoms with Crippen LogP contribution in [0.5, 0.6) is 0 Å². The van der Waals surface area contributed by atoms with Crippen LogP contribution >= 0.6 is 31.9 Å². The monoisotopic (exact) mass is 449 g/mol. The Morgan fingerprint density at radius 2 is 1.57 bits per heavy atom. The Morgan fingerprint density at radius 1 is 1.09 bits per heavy atom. The van der Waals surface area contributed by atoms with Crippen molar-refractivity contribution in [3.8, 4) is 0 Å². The number of carboxylic acids is 2. The molecule has 0 aromatic heterocycles. The predicted octanol–water partition coefficient (Wildman–Crippen LogP) is -1.59. The molecule has 1 saturated heterocycles. The van der Waals surface area contributed by atoms with E-state index in [9.17, 15) is 29.4 Å². The van der Waals surface area contributed by atoms with E-state index in [2.05, 4.69) is 31.9 Å². The lowest BCUT2D eigenvalue weighted by atomic mass is 9.81. The third-order valence-corrected chi connectivity index (χ3v) is 8.43. The Bertz CT molecular complexity index is 564. The number of aliphatic carboxylic acids is 2. The number of nitrogens with zero attached hydrogens (tertiary/aromatic N) is 1. The maximum absolute atomic E-state index is 12.6. The molecular weight excluding hydrogens is 438 g/mol. The van der Waals surface area contributed by atoms with Crippen LogP contribution < -0.4 is 10.2 Å². The largest absolute Gasteiger partial charge is 0.550 e. The Morgan fingerprint density at radius 3 is 1.96 bits per heavy atom. The number of carbonyl (C=O) groups excluding carboxylic acids is 4. The molecule has 2 amide bonds. The molecule has 7 nitrogen and oxygen atoms in total. The van der Waals surface area contributed by atoms with E-state index in [0.717, 1.165) is 11.3 Å². The lowest BCUT2D eigenvalue weighted by Crippen LogP contribution is -2.52. The minimum atomic E-state index is -1.62. The summed E-state index contributed by atoms with van der Waals surface area (Å²) in [5.74, 6) is -5.22. The van der Waals surface area contributed by atoms with Gasteiger partial charge in [-0.25, -0.2) is 0 Å². The van der Waals surface area contributed by atoms with Crippen molar-refractivity contribution in [3.05, 3.63) is 0 Å². The maximum Gasteiger partial charge on any atom is 0.234 e. The molecule has 2 bridgehead atoms. The molecular formula is C14H13Br2NO6-2. The fraction of sp³-hybridized carbons (Fsp3) is 0.714. The number of carbonyl (C=O) groups is 4. The highest BCUT2D eigenvalue weighted by atomic mass is 79.9. The first-order valence-electron chi connectivity index (χ1n) is 7.31. The number of rotatable bonds is 5. The summed E-state index contributed by atoms with van der Waals surface area (Å²) in [6, 6.07) is -1.56. The van der Waals surface area contributed by atoms with Crippen molar-refractivity contribution in [1.29, 1.82) is 0 Å². The van der Waals surface area contributed by atoms with Crippen molar-refractivity contribution >= 4 is 55.6 Å². The van der Waals surface area contributed by atoms with Gasteiger partial charge in [0, 0.05) is 15.6 Å². The van der Waals surface area contributed by atoms with Gasteiger partial charge in [-0.15, -0.1) is 0 Å². The van der Waals surface area contributed by atoms with E-state index in [-0.39, 0.29) is 21.5 Å². The maximum atomic E-state index is 12.6. The van der Waals surface area contributed by atoms with Crippen LogP contribution in [0.4, 0.5) is 0 Å². The Balaban J connectivity index is 1.87. The van der Waals surface area contributed by atoms with Gasteiger partial charge in [0.05, 0.1) is 23.8 Å². The normalized spacial score (nSPS) is 39.7. The van der Waals surface area contributed by atoms with Crippen molar-refractivity contribution in [3.63, 3.8) is 0 Å². The van der Waals surface area contributed by atoms with Gasteiger partial charge in [0.1, 0.15) is 0 Å². The number of imide groups is 1. The van der Waals surface area contributed by atoms with Gasteiger partial charge in [0.15, 0.2) is 0 Å². The summed E-state index contributed by atoms with van der Waals surface area (Å²) in [5.41, 5.74) is 0. The summed E-state index contributed by atoms with van der Waals surface area (Å²) >= 11 is 7.07. The van der Waals surface area contributed by atoms with E-state index in [1.165, 1.54) is 0 Å². The number of fused-ring (bicyclic) bond motifs is 5. The van der Waals surface area contributed by atoms with Gasteiger partial charge in [-0.05, 0) is 31.1 Å². The van der Waals surface area contributed by atoms with Crippen LogP contribution in [0.2, 0.25) is 0 Å². The number of amides is 2. The molecule has 3 fully saturated rings. The molecule has 0 N–H and O–H groups in total. The number of hydrogen-bond acceptors (Lipinski definition) is 6. The SMILES string of the molecule is O=C([O-])CC[C@@H](C(=O)[O-])N1C(=O)[C@@H]2[C@@H]3C[C@@H]([C@@H](Br)[C@H]3Br)[C@H]2C1=O. The standard InChI is InChI=1S/C14H15Br2NO6/c15-10-4-3-5(11(10)16)9-8(4)12(20)17(13(9)21)6(14(22)23)1-2-7(18)19/h4-6,8-11H,1-3H2,(H,18,19)(H,22,23)/p-2/t4-,5+,6-,8+,9+,10-,11+/m0/s1. The second kappa shape index (κ2) is 5.84. The quantitative estimate of drug-likeness (QED) is 0.368. The molecule has 3 aliphatic rings. The number of alkyl halides is 2. The third kappa shape index (κ3) is 2.43. The van der Waals surface area contributed by atoms with Gasteiger partial charge >= 0.3 is 0 Å². The van der Waals surface area contributed by atoms with E-state index in [0.29, 0.717) is 0 Å². The van der Waals surface area contributed by atoms with Crippen LogP contribution in [-0.4, -0.2) is 44.3 Å². The molecule has 1 heterocycles. The molecule has 1 aliphatic heterocycles. The Hall–Kier alpha value is -0.960. The molecule has 2 aliphatic carbocycles. The highest BCUT2D eigenvalue weighted by molar-refractivity contribution is 9.12. The molecule has 0 aromatic rings. The first-order chi connectivity index (χ1) is 10.8. The van der Waals surface area contributed by atoms with Gasteiger partial charge in [-0.2, -0.15) is 0 Å². The van der Waals surface area contributed by atoms with Crippen molar-refractivity contribution in [1.82, 2.24) is 4.90 Å².